The highest BCUT2D eigenvalue weighted by Crippen LogP contribution is 2.06. The van der Waals surface area contributed by atoms with Crippen LogP contribution < -0.4 is 0 Å². The molecule has 0 heterocycles. The normalized spacial score (nSPS) is 9.78. The Morgan fingerprint density at radius 2 is 2.11 bits per heavy atom. The highest BCUT2D eigenvalue weighted by molar-refractivity contribution is 7.22. The van der Waals surface area contributed by atoms with E-state index in [0.717, 1.165) is 5.56 Å². The van der Waals surface area contributed by atoms with Crippen LogP contribution >= 0.6 is 8.46 Å². The van der Waals surface area contributed by atoms with Crippen molar-refractivity contribution in [1.82, 2.24) is 0 Å². The van der Waals surface area contributed by atoms with Crippen LogP contribution in [0.5, 0.6) is 0 Å². The minimum absolute atomic E-state index is 0.181. The van der Waals surface area contributed by atoms with Gasteiger partial charge in [-0.2, -0.15) is 0 Å². The van der Waals surface area contributed by atoms with Gasteiger partial charge >= 0.3 is 0 Å². The van der Waals surface area contributed by atoms with Crippen molar-refractivity contribution in [2.75, 3.05) is 0 Å². The van der Waals surface area contributed by atoms with Crippen LogP contribution in [0.1, 0.15) is 5.56 Å². The van der Waals surface area contributed by atoms with Crippen LogP contribution in [0.3, 0.4) is 0 Å². The quantitative estimate of drug-likeness (QED) is 0.571. The van der Waals surface area contributed by atoms with Crippen LogP contribution in [-0.4, -0.2) is 0 Å². The van der Waals surface area contributed by atoms with Crippen LogP contribution in [0.2, 0.25) is 0 Å². The van der Waals surface area contributed by atoms with Crippen molar-refractivity contribution in [3.05, 3.63) is 35.9 Å². The second-order valence-electron chi connectivity index (χ2n) is 1.70. The van der Waals surface area contributed by atoms with E-state index in [0.29, 0.717) is 6.16 Å². The molecule has 0 aliphatic heterocycles. The van der Waals surface area contributed by atoms with Crippen molar-refractivity contribution in [2.45, 2.75) is 6.16 Å². The van der Waals surface area contributed by atoms with E-state index in [9.17, 15) is 4.57 Å². The van der Waals surface area contributed by atoms with E-state index in [-0.39, 0.29) is 8.46 Å². The highest BCUT2D eigenvalue weighted by atomic mass is 31.1. The fourth-order valence-electron chi connectivity index (χ4n) is 0.601. The van der Waals surface area contributed by atoms with Crippen molar-refractivity contribution in [1.29, 1.82) is 0 Å². The van der Waals surface area contributed by atoms with Gasteiger partial charge in [-0.15, -0.1) is 0 Å². The summed E-state index contributed by atoms with van der Waals surface area (Å²) in [6.07, 6.45) is 0.606. The molecular formula is C7H6OP. The predicted octanol–water partition coefficient (Wildman–Crippen LogP) is 2.28. The molecule has 45 valence electrons. The Labute approximate surface area is 55.9 Å². The molecule has 0 aromatic heterocycles. The van der Waals surface area contributed by atoms with Gasteiger partial charge in [-0.25, -0.2) is 0 Å². The SMILES string of the molecule is O=PCc1cc[c]cc1. The van der Waals surface area contributed by atoms with Crippen molar-refractivity contribution in [3.8, 4) is 0 Å². The zero-order chi connectivity index (χ0) is 6.53. The summed E-state index contributed by atoms with van der Waals surface area (Å²) in [5.41, 5.74) is 1.09. The molecule has 0 amide bonds. The maximum absolute atomic E-state index is 10.1. The van der Waals surface area contributed by atoms with Crippen LogP contribution in [0.4, 0.5) is 0 Å². The van der Waals surface area contributed by atoms with E-state index < -0.39 is 0 Å². The van der Waals surface area contributed by atoms with E-state index in [4.69, 9.17) is 0 Å². The Bertz CT molecular complexity index is 183. The molecule has 0 bridgehead atoms. The molecule has 9 heavy (non-hydrogen) atoms. The van der Waals surface area contributed by atoms with Crippen molar-refractivity contribution >= 4 is 8.46 Å². The first kappa shape index (κ1) is 6.44. The molecule has 0 saturated carbocycles. The molecule has 0 unspecified atom stereocenters. The number of hydrogen-bond donors (Lipinski definition) is 0. The Hall–Kier alpha value is -0.680. The molecule has 1 aromatic rings. The summed E-state index contributed by atoms with van der Waals surface area (Å²) in [6.45, 7) is 0. The zero-order valence-corrected chi connectivity index (χ0v) is 5.77. The molecule has 0 aliphatic rings. The molecule has 0 aliphatic carbocycles. The van der Waals surface area contributed by atoms with E-state index in [2.05, 4.69) is 6.07 Å². The second-order valence-corrected chi connectivity index (χ2v) is 2.27. The fourth-order valence-corrected chi connectivity index (χ4v) is 0.961. The van der Waals surface area contributed by atoms with Gasteiger partial charge in [0.05, 0.1) is 6.16 Å². The predicted molar refractivity (Wildman–Crippen MR) is 36.6 cm³/mol. The average Bonchev–Trinajstić information content (AvgIpc) is 1.91. The van der Waals surface area contributed by atoms with Crippen LogP contribution in [0, 0.1) is 6.07 Å². The molecule has 1 aromatic carbocycles. The third-order valence-electron chi connectivity index (χ3n) is 1.03. The molecule has 0 saturated heterocycles. The van der Waals surface area contributed by atoms with Gasteiger partial charge in [-0.1, -0.05) is 24.3 Å². The monoisotopic (exact) mass is 137 g/mol. The van der Waals surface area contributed by atoms with Crippen LogP contribution in [0.15, 0.2) is 24.3 Å². The van der Waals surface area contributed by atoms with E-state index in [1.807, 2.05) is 24.3 Å². The van der Waals surface area contributed by atoms with Gasteiger partial charge in [0.2, 0.25) is 0 Å². The van der Waals surface area contributed by atoms with Gasteiger partial charge in [0.1, 0.15) is 0 Å². The van der Waals surface area contributed by atoms with Gasteiger partial charge in [0.25, 0.3) is 0 Å². The lowest BCUT2D eigenvalue weighted by Gasteiger charge is -1.87. The molecule has 1 nitrogen and oxygen atoms in total. The van der Waals surface area contributed by atoms with Gasteiger partial charge in [0, 0.05) is 0 Å². The third-order valence-corrected chi connectivity index (χ3v) is 1.53. The lowest BCUT2D eigenvalue weighted by molar-refractivity contribution is 0.598. The minimum Gasteiger partial charge on any atom is -0.275 e. The van der Waals surface area contributed by atoms with Crippen molar-refractivity contribution in [3.63, 3.8) is 0 Å². The Morgan fingerprint density at radius 3 is 2.67 bits per heavy atom. The lowest BCUT2D eigenvalue weighted by Crippen LogP contribution is -1.72. The van der Waals surface area contributed by atoms with Crippen LogP contribution in [0.25, 0.3) is 0 Å². The number of rotatable bonds is 2. The molecule has 0 fully saturated rings. The number of hydrogen-bond acceptors (Lipinski definition) is 1. The Morgan fingerprint density at radius 1 is 1.44 bits per heavy atom. The van der Waals surface area contributed by atoms with Gasteiger partial charge < -0.3 is 0 Å². The molecular weight excluding hydrogens is 131 g/mol. The van der Waals surface area contributed by atoms with Crippen LogP contribution in [-0.2, 0) is 10.7 Å². The van der Waals surface area contributed by atoms with Crippen molar-refractivity contribution < 1.29 is 4.57 Å². The maximum atomic E-state index is 10.1. The summed E-state index contributed by atoms with van der Waals surface area (Å²) in [7, 11) is 0.181. The fraction of sp³-hybridized carbons (Fsp3) is 0.143. The summed E-state index contributed by atoms with van der Waals surface area (Å²) >= 11 is 0. The Kier molecular flexibility index (Phi) is 2.41. The van der Waals surface area contributed by atoms with Crippen molar-refractivity contribution in [2.24, 2.45) is 0 Å². The maximum Gasteiger partial charge on any atom is 0.160 e. The number of benzene rings is 1. The first-order valence-electron chi connectivity index (χ1n) is 2.67. The van der Waals surface area contributed by atoms with E-state index in [1.165, 1.54) is 0 Å². The molecule has 0 N–H and O–H groups in total. The molecule has 0 spiro atoms. The minimum atomic E-state index is 0.181. The summed E-state index contributed by atoms with van der Waals surface area (Å²) < 4.78 is 10.1. The third kappa shape index (κ3) is 1.95. The Balaban J connectivity index is 2.72. The lowest BCUT2D eigenvalue weighted by atomic mass is 10.2. The summed E-state index contributed by atoms with van der Waals surface area (Å²) in [6, 6.07) is 10.3. The molecule has 1 rings (SSSR count). The standard InChI is InChI=1S/C7H6OP/c8-9-6-7-4-2-1-3-5-7/h2-5H,6H2. The summed E-state index contributed by atoms with van der Waals surface area (Å²) in [5.74, 6) is 0. The van der Waals surface area contributed by atoms with E-state index >= 15 is 0 Å². The topological polar surface area (TPSA) is 17.1 Å². The highest BCUT2D eigenvalue weighted by Gasteiger charge is 1.86. The first-order chi connectivity index (χ1) is 4.43. The zero-order valence-electron chi connectivity index (χ0n) is 4.87. The van der Waals surface area contributed by atoms with Gasteiger partial charge in [-0.05, 0) is 11.6 Å². The molecule has 2 heteroatoms. The van der Waals surface area contributed by atoms with Gasteiger partial charge in [-0.3, -0.25) is 4.57 Å². The summed E-state index contributed by atoms with van der Waals surface area (Å²) in [5, 5.41) is 0. The molecule has 0 atom stereocenters. The summed E-state index contributed by atoms with van der Waals surface area (Å²) in [4.78, 5) is 0. The first-order valence-corrected chi connectivity index (χ1v) is 3.67. The average molecular weight is 137 g/mol. The van der Waals surface area contributed by atoms with Gasteiger partial charge in [0.15, 0.2) is 8.46 Å². The smallest absolute Gasteiger partial charge is 0.160 e. The second kappa shape index (κ2) is 3.37. The largest absolute Gasteiger partial charge is 0.275 e. The molecule has 1 radical (unpaired) electrons. The van der Waals surface area contributed by atoms with E-state index in [1.54, 1.807) is 0 Å².